The van der Waals surface area contributed by atoms with Gasteiger partial charge in [-0.15, -0.1) is 11.3 Å². The molecule has 0 saturated carbocycles. The van der Waals surface area contributed by atoms with E-state index in [1.165, 1.54) is 11.1 Å². The van der Waals surface area contributed by atoms with E-state index in [-0.39, 0.29) is 11.8 Å². The smallest absolute Gasteiger partial charge is 0.256 e. The van der Waals surface area contributed by atoms with Crippen molar-refractivity contribution in [2.24, 2.45) is 0 Å². The van der Waals surface area contributed by atoms with E-state index in [9.17, 15) is 9.59 Å². The fourth-order valence-electron chi connectivity index (χ4n) is 4.32. The number of piperidine rings is 1. The summed E-state index contributed by atoms with van der Waals surface area (Å²) in [6, 6.07) is 21.3. The summed E-state index contributed by atoms with van der Waals surface area (Å²) in [4.78, 5) is 32.8. The van der Waals surface area contributed by atoms with Gasteiger partial charge in [0.1, 0.15) is 0 Å². The molecule has 0 spiro atoms. The normalized spacial score (nSPS) is 13.7. The van der Waals surface area contributed by atoms with Crippen LogP contribution in [0.2, 0.25) is 0 Å². The van der Waals surface area contributed by atoms with Crippen LogP contribution in [-0.2, 0) is 5.75 Å². The number of thioether (sulfide) groups is 1. The monoisotopic (exact) mass is 501 g/mol. The van der Waals surface area contributed by atoms with Crippen molar-refractivity contribution in [1.29, 1.82) is 0 Å². The number of carbonyl (C=O) groups is 2. The van der Waals surface area contributed by atoms with Crippen LogP contribution >= 0.6 is 23.1 Å². The van der Waals surface area contributed by atoms with Crippen molar-refractivity contribution in [3.8, 4) is 0 Å². The van der Waals surface area contributed by atoms with E-state index in [1.54, 1.807) is 41.3 Å². The van der Waals surface area contributed by atoms with Gasteiger partial charge in [-0.3, -0.25) is 9.59 Å². The van der Waals surface area contributed by atoms with Crippen molar-refractivity contribution in [1.82, 2.24) is 9.88 Å². The summed E-state index contributed by atoms with van der Waals surface area (Å²) in [5, 5.41) is 2.98. The molecule has 0 aliphatic carbocycles. The molecule has 2 heterocycles. The number of hydrogen-bond acceptors (Lipinski definition) is 5. The summed E-state index contributed by atoms with van der Waals surface area (Å²) in [7, 11) is 0. The van der Waals surface area contributed by atoms with Gasteiger partial charge in [-0.25, -0.2) is 4.98 Å². The topological polar surface area (TPSA) is 62.3 Å². The minimum absolute atomic E-state index is 0.0661. The van der Waals surface area contributed by atoms with Crippen LogP contribution in [0.15, 0.2) is 71.1 Å². The number of likely N-dealkylation sites (tertiary alicyclic amines) is 1. The summed E-state index contributed by atoms with van der Waals surface area (Å²) in [6.45, 7) is 3.60. The Morgan fingerprint density at radius 1 is 0.971 bits per heavy atom. The zero-order chi connectivity index (χ0) is 24.2. The van der Waals surface area contributed by atoms with Crippen molar-refractivity contribution in [3.63, 3.8) is 0 Å². The van der Waals surface area contributed by atoms with Gasteiger partial charge < -0.3 is 10.2 Å². The van der Waals surface area contributed by atoms with E-state index in [4.69, 9.17) is 4.98 Å². The van der Waals surface area contributed by atoms with Gasteiger partial charge in [0.25, 0.3) is 11.8 Å². The van der Waals surface area contributed by atoms with E-state index in [0.29, 0.717) is 16.8 Å². The first-order valence-electron chi connectivity index (χ1n) is 11.9. The molecule has 5 rings (SSSR count). The number of carbonyl (C=O) groups excluding carboxylic acids is 2. The first-order valence-corrected chi connectivity index (χ1v) is 13.7. The molecule has 1 saturated heterocycles. The average Bonchev–Trinajstić information content (AvgIpc) is 3.30. The van der Waals surface area contributed by atoms with E-state index in [1.807, 2.05) is 29.2 Å². The first kappa shape index (κ1) is 23.6. The third-order valence-electron chi connectivity index (χ3n) is 6.12. The number of hydrogen-bond donors (Lipinski definition) is 1. The second-order valence-electron chi connectivity index (χ2n) is 8.79. The lowest BCUT2D eigenvalue weighted by molar-refractivity contribution is 0.0720. The van der Waals surface area contributed by atoms with Crippen molar-refractivity contribution >= 4 is 50.8 Å². The number of aromatic nitrogens is 1. The number of amides is 2. The number of nitrogens with zero attached hydrogens (tertiary/aromatic N) is 2. The van der Waals surface area contributed by atoms with Crippen LogP contribution in [0.5, 0.6) is 0 Å². The van der Waals surface area contributed by atoms with Gasteiger partial charge in [0.2, 0.25) is 0 Å². The van der Waals surface area contributed by atoms with Gasteiger partial charge in [0.05, 0.1) is 21.3 Å². The number of fused-ring (bicyclic) bond motifs is 1. The molecule has 5 nitrogen and oxygen atoms in total. The molecule has 7 heteroatoms. The number of rotatable bonds is 6. The van der Waals surface area contributed by atoms with Crippen LogP contribution in [0.4, 0.5) is 5.69 Å². The molecule has 1 fully saturated rings. The highest BCUT2D eigenvalue weighted by molar-refractivity contribution is 8.00. The zero-order valence-electron chi connectivity index (χ0n) is 19.6. The highest BCUT2D eigenvalue weighted by atomic mass is 32.2. The minimum Gasteiger partial charge on any atom is -0.339 e. The van der Waals surface area contributed by atoms with Crippen molar-refractivity contribution in [3.05, 3.63) is 89.0 Å². The molecular formula is C28H27N3O2S2. The lowest BCUT2D eigenvalue weighted by Crippen LogP contribution is -2.36. The van der Waals surface area contributed by atoms with E-state index in [0.717, 1.165) is 52.7 Å². The van der Waals surface area contributed by atoms with Crippen molar-refractivity contribution in [2.75, 3.05) is 18.4 Å². The molecular weight excluding hydrogens is 474 g/mol. The van der Waals surface area contributed by atoms with E-state index >= 15 is 0 Å². The molecule has 0 bridgehead atoms. The summed E-state index contributed by atoms with van der Waals surface area (Å²) >= 11 is 3.35. The lowest BCUT2D eigenvalue weighted by atomic mass is 10.0. The second-order valence-corrected chi connectivity index (χ2v) is 11.0. The van der Waals surface area contributed by atoms with Crippen LogP contribution in [0.1, 0.15) is 51.1 Å². The summed E-state index contributed by atoms with van der Waals surface area (Å²) < 4.78 is 2.02. The van der Waals surface area contributed by atoms with Crippen LogP contribution in [0.3, 0.4) is 0 Å². The Balaban J connectivity index is 1.30. The highest BCUT2D eigenvalue weighted by Gasteiger charge is 2.23. The van der Waals surface area contributed by atoms with Gasteiger partial charge >= 0.3 is 0 Å². The Hall–Kier alpha value is -3.16. The largest absolute Gasteiger partial charge is 0.339 e. The molecule has 1 aliphatic heterocycles. The number of nitrogens with one attached hydrogen (secondary N) is 1. The fraction of sp³-hybridized carbons (Fsp3) is 0.250. The van der Waals surface area contributed by atoms with Gasteiger partial charge in [-0.1, -0.05) is 53.7 Å². The van der Waals surface area contributed by atoms with Crippen LogP contribution in [-0.4, -0.2) is 34.8 Å². The molecule has 0 radical (unpaired) electrons. The van der Waals surface area contributed by atoms with Gasteiger partial charge in [0.15, 0.2) is 4.34 Å². The molecule has 2 amide bonds. The third-order valence-corrected chi connectivity index (χ3v) is 8.35. The summed E-state index contributed by atoms with van der Waals surface area (Å²) in [5.41, 5.74) is 5.01. The summed E-state index contributed by atoms with van der Waals surface area (Å²) in [6.07, 6.45) is 3.18. The lowest BCUT2D eigenvalue weighted by Gasteiger charge is -2.27. The zero-order valence-corrected chi connectivity index (χ0v) is 21.3. The SMILES string of the molecule is Cc1cccc(CSc2nc3ccc(NC(=O)c4ccccc4C(=O)N4CCCCC4)cc3s2)c1. The first-order chi connectivity index (χ1) is 17.1. The van der Waals surface area contributed by atoms with E-state index in [2.05, 4.69) is 36.5 Å². The number of benzene rings is 3. The molecule has 0 atom stereocenters. The molecule has 3 aromatic carbocycles. The standard InChI is InChI=1S/C28H27N3O2S2/c1-19-8-7-9-20(16-19)18-34-28-30-24-13-12-21(17-25(24)35-28)29-26(32)22-10-3-4-11-23(22)27(33)31-14-5-2-6-15-31/h3-4,7-13,16-17H,2,5-6,14-15,18H2,1H3,(H,29,32). The minimum atomic E-state index is -0.274. The maximum absolute atomic E-state index is 13.2. The predicted octanol–water partition coefficient (Wildman–Crippen LogP) is 6.78. The number of aryl methyl sites for hydroxylation is 1. The highest BCUT2D eigenvalue weighted by Crippen LogP contribution is 2.33. The van der Waals surface area contributed by atoms with Gasteiger partial charge in [-0.2, -0.15) is 0 Å². The molecule has 1 aliphatic rings. The summed E-state index contributed by atoms with van der Waals surface area (Å²) in [5.74, 6) is 0.528. The fourth-order valence-corrected chi connectivity index (χ4v) is 6.37. The Morgan fingerprint density at radius 2 is 1.77 bits per heavy atom. The third kappa shape index (κ3) is 5.57. The molecule has 35 heavy (non-hydrogen) atoms. The van der Waals surface area contributed by atoms with Gasteiger partial charge in [0, 0.05) is 24.5 Å². The second kappa shape index (κ2) is 10.6. The van der Waals surface area contributed by atoms with Crippen molar-refractivity contribution in [2.45, 2.75) is 36.3 Å². The molecule has 1 aromatic heterocycles. The molecule has 1 N–H and O–H groups in total. The van der Waals surface area contributed by atoms with Crippen LogP contribution in [0, 0.1) is 6.92 Å². The van der Waals surface area contributed by atoms with Crippen LogP contribution in [0.25, 0.3) is 10.2 Å². The Labute approximate surface area is 213 Å². The quantitative estimate of drug-likeness (QED) is 0.296. The van der Waals surface area contributed by atoms with Gasteiger partial charge in [-0.05, 0) is 62.1 Å². The maximum Gasteiger partial charge on any atom is 0.256 e. The Bertz CT molecular complexity index is 1380. The Kier molecular flexibility index (Phi) is 7.16. The predicted molar refractivity (Wildman–Crippen MR) is 145 cm³/mol. The maximum atomic E-state index is 13.2. The number of thiazole rings is 1. The molecule has 0 unspecified atom stereocenters. The van der Waals surface area contributed by atoms with Crippen molar-refractivity contribution < 1.29 is 9.59 Å². The van der Waals surface area contributed by atoms with Crippen LogP contribution < -0.4 is 5.32 Å². The average molecular weight is 502 g/mol. The van der Waals surface area contributed by atoms with E-state index < -0.39 is 0 Å². The molecule has 4 aromatic rings. The molecule has 178 valence electrons. The number of anilines is 1. The Morgan fingerprint density at radius 3 is 2.57 bits per heavy atom.